The summed E-state index contributed by atoms with van der Waals surface area (Å²) in [4.78, 5) is 16.3. The molecule has 1 heterocycles. The van der Waals surface area contributed by atoms with Crippen LogP contribution in [0.15, 0.2) is 42.7 Å². The highest BCUT2D eigenvalue weighted by Gasteiger charge is 2.13. The Morgan fingerprint density at radius 1 is 1.39 bits per heavy atom. The molecule has 0 saturated carbocycles. The first-order valence-corrected chi connectivity index (χ1v) is 9.16. The van der Waals surface area contributed by atoms with E-state index in [0.29, 0.717) is 13.0 Å². The van der Waals surface area contributed by atoms with Gasteiger partial charge in [0.2, 0.25) is 5.91 Å². The average Bonchev–Trinajstić information content (AvgIpc) is 3.04. The van der Waals surface area contributed by atoms with Crippen molar-refractivity contribution in [3.05, 3.63) is 54.1 Å². The average molecular weight is 332 g/mol. The lowest BCUT2D eigenvalue weighted by Crippen LogP contribution is -2.41. The number of carbonyl (C=O) groups excluding carboxylic acids is 1. The smallest absolute Gasteiger partial charge is 0.237 e. The summed E-state index contributed by atoms with van der Waals surface area (Å²) in [5.41, 5.74) is 7.15. The first kappa shape index (κ1) is 17.6. The third-order valence-electron chi connectivity index (χ3n) is 3.68. The number of rotatable bonds is 9. The molecule has 0 spiro atoms. The van der Waals surface area contributed by atoms with Gasteiger partial charge in [0.05, 0.1) is 12.6 Å². The molecular weight excluding hydrogens is 308 g/mol. The van der Waals surface area contributed by atoms with Crippen LogP contribution in [-0.4, -0.2) is 33.5 Å². The van der Waals surface area contributed by atoms with Crippen LogP contribution in [0, 0.1) is 0 Å². The molecule has 0 unspecified atom stereocenters. The fraction of sp³-hybridized carbons (Fsp3) is 0.412. The molecule has 1 aromatic carbocycles. The molecule has 0 saturated heterocycles. The zero-order chi connectivity index (χ0) is 16.5. The second-order valence-corrected chi connectivity index (χ2v) is 6.36. The highest BCUT2D eigenvalue weighted by Crippen LogP contribution is 2.05. The predicted molar refractivity (Wildman–Crippen MR) is 95.2 cm³/mol. The van der Waals surface area contributed by atoms with Gasteiger partial charge in [0.1, 0.15) is 5.82 Å². The number of imidazole rings is 1. The number of hydrogen-bond donors (Lipinski definition) is 2. The number of nitrogens with two attached hydrogens (primary N) is 1. The first-order chi connectivity index (χ1) is 11.2. The Kier molecular flexibility index (Phi) is 7.16. The third-order valence-corrected chi connectivity index (χ3v) is 4.32. The van der Waals surface area contributed by atoms with Crippen LogP contribution in [-0.2, 0) is 24.3 Å². The maximum Gasteiger partial charge on any atom is 0.237 e. The number of thioether (sulfide) groups is 1. The van der Waals surface area contributed by atoms with Gasteiger partial charge in [-0.2, -0.15) is 11.8 Å². The van der Waals surface area contributed by atoms with Crippen molar-refractivity contribution in [2.24, 2.45) is 5.73 Å². The molecule has 124 valence electrons. The minimum absolute atomic E-state index is 0.114. The number of nitrogens with zero attached hydrogens (tertiary/aromatic N) is 2. The lowest BCUT2D eigenvalue weighted by molar-refractivity contribution is -0.122. The van der Waals surface area contributed by atoms with Crippen LogP contribution in [0.5, 0.6) is 0 Å². The van der Waals surface area contributed by atoms with Crippen molar-refractivity contribution >= 4 is 17.7 Å². The highest BCUT2D eigenvalue weighted by molar-refractivity contribution is 7.98. The molecule has 0 bridgehead atoms. The van der Waals surface area contributed by atoms with Gasteiger partial charge in [-0.1, -0.05) is 30.3 Å². The number of hydrogen-bond acceptors (Lipinski definition) is 4. The van der Waals surface area contributed by atoms with E-state index in [0.717, 1.165) is 24.5 Å². The minimum atomic E-state index is -0.449. The van der Waals surface area contributed by atoms with E-state index in [9.17, 15) is 4.79 Å². The zero-order valence-electron chi connectivity index (χ0n) is 13.4. The molecule has 6 heteroatoms. The Morgan fingerprint density at radius 3 is 2.91 bits per heavy atom. The van der Waals surface area contributed by atoms with Crippen LogP contribution in [0.1, 0.15) is 17.8 Å². The molecule has 0 aliphatic rings. The SMILES string of the molecule is CSCC[C@H](N)C(=O)NCc1nccn1CCc1ccccc1. The highest BCUT2D eigenvalue weighted by atomic mass is 32.2. The summed E-state index contributed by atoms with van der Waals surface area (Å²) >= 11 is 1.69. The fourth-order valence-electron chi connectivity index (χ4n) is 2.28. The van der Waals surface area contributed by atoms with E-state index in [1.807, 2.05) is 30.7 Å². The number of benzene rings is 1. The Balaban J connectivity index is 1.82. The number of aromatic nitrogens is 2. The molecule has 2 aromatic rings. The van der Waals surface area contributed by atoms with E-state index in [-0.39, 0.29) is 5.91 Å². The largest absolute Gasteiger partial charge is 0.348 e. The molecule has 0 radical (unpaired) electrons. The van der Waals surface area contributed by atoms with Crippen molar-refractivity contribution in [2.75, 3.05) is 12.0 Å². The van der Waals surface area contributed by atoms with Crippen molar-refractivity contribution < 1.29 is 4.79 Å². The van der Waals surface area contributed by atoms with E-state index >= 15 is 0 Å². The molecule has 1 aromatic heterocycles. The molecule has 0 aliphatic heterocycles. The molecule has 0 fully saturated rings. The Hall–Kier alpha value is -1.79. The standard InChI is InChI=1S/C17H24N4OS/c1-23-12-8-15(18)17(22)20-13-16-19-9-11-21(16)10-7-14-5-3-2-4-6-14/h2-6,9,11,15H,7-8,10,12-13,18H2,1H3,(H,20,22)/t15-/m0/s1. The molecule has 2 rings (SSSR count). The molecule has 0 aliphatic carbocycles. The van der Waals surface area contributed by atoms with Crippen LogP contribution < -0.4 is 11.1 Å². The van der Waals surface area contributed by atoms with Gasteiger partial charge >= 0.3 is 0 Å². The molecule has 1 atom stereocenters. The first-order valence-electron chi connectivity index (χ1n) is 7.77. The van der Waals surface area contributed by atoms with Crippen LogP contribution in [0.25, 0.3) is 0 Å². The number of aryl methyl sites for hydroxylation is 2. The molecule has 1 amide bonds. The second-order valence-electron chi connectivity index (χ2n) is 5.38. The Bertz CT molecular complexity index is 600. The van der Waals surface area contributed by atoms with Crippen LogP contribution >= 0.6 is 11.8 Å². The molecular formula is C17H24N4OS. The second kappa shape index (κ2) is 9.37. The van der Waals surface area contributed by atoms with Crippen molar-refractivity contribution in [3.63, 3.8) is 0 Å². The van der Waals surface area contributed by atoms with Gasteiger partial charge < -0.3 is 15.6 Å². The third kappa shape index (κ3) is 5.73. The lowest BCUT2D eigenvalue weighted by Gasteiger charge is -2.12. The Morgan fingerprint density at radius 2 is 2.17 bits per heavy atom. The summed E-state index contributed by atoms with van der Waals surface area (Å²) in [6.07, 6.45) is 7.34. The number of amides is 1. The topological polar surface area (TPSA) is 72.9 Å². The van der Waals surface area contributed by atoms with E-state index in [2.05, 4.69) is 27.0 Å². The number of nitrogens with one attached hydrogen (secondary N) is 1. The summed E-state index contributed by atoms with van der Waals surface area (Å²) in [5.74, 6) is 1.63. The molecule has 5 nitrogen and oxygen atoms in total. The molecule has 23 heavy (non-hydrogen) atoms. The monoisotopic (exact) mass is 332 g/mol. The summed E-state index contributed by atoms with van der Waals surface area (Å²) in [5, 5.41) is 2.88. The van der Waals surface area contributed by atoms with Crippen LogP contribution in [0.4, 0.5) is 0 Å². The van der Waals surface area contributed by atoms with E-state index in [4.69, 9.17) is 5.73 Å². The van der Waals surface area contributed by atoms with Crippen molar-refractivity contribution in [1.29, 1.82) is 0 Å². The summed E-state index contributed by atoms with van der Waals surface area (Å²) in [7, 11) is 0. The Labute approximate surface area is 141 Å². The van der Waals surface area contributed by atoms with Crippen LogP contribution in [0.2, 0.25) is 0 Å². The van der Waals surface area contributed by atoms with Crippen molar-refractivity contribution in [2.45, 2.75) is 32.0 Å². The van der Waals surface area contributed by atoms with Crippen molar-refractivity contribution in [1.82, 2.24) is 14.9 Å². The van der Waals surface area contributed by atoms with Gasteiger partial charge in [0.15, 0.2) is 0 Å². The van der Waals surface area contributed by atoms with E-state index < -0.39 is 6.04 Å². The lowest BCUT2D eigenvalue weighted by atomic mass is 10.1. The van der Waals surface area contributed by atoms with Gasteiger partial charge in [-0.15, -0.1) is 0 Å². The van der Waals surface area contributed by atoms with E-state index in [1.165, 1.54) is 5.56 Å². The maximum atomic E-state index is 12.0. The zero-order valence-corrected chi connectivity index (χ0v) is 14.3. The molecule has 3 N–H and O–H groups in total. The fourth-order valence-corrected chi connectivity index (χ4v) is 2.77. The number of carbonyl (C=O) groups is 1. The van der Waals surface area contributed by atoms with Gasteiger partial charge in [-0.3, -0.25) is 4.79 Å². The normalized spacial score (nSPS) is 12.1. The van der Waals surface area contributed by atoms with Crippen molar-refractivity contribution in [3.8, 4) is 0 Å². The summed E-state index contributed by atoms with van der Waals surface area (Å²) < 4.78 is 2.07. The van der Waals surface area contributed by atoms with Gasteiger partial charge in [0.25, 0.3) is 0 Å². The van der Waals surface area contributed by atoms with E-state index in [1.54, 1.807) is 18.0 Å². The minimum Gasteiger partial charge on any atom is -0.348 e. The van der Waals surface area contributed by atoms with Gasteiger partial charge in [-0.25, -0.2) is 4.98 Å². The van der Waals surface area contributed by atoms with Gasteiger partial charge in [-0.05, 0) is 30.4 Å². The summed E-state index contributed by atoms with van der Waals surface area (Å²) in [6, 6.07) is 9.88. The predicted octanol–water partition coefficient (Wildman–Crippen LogP) is 1.82. The maximum absolute atomic E-state index is 12.0. The summed E-state index contributed by atoms with van der Waals surface area (Å²) in [6.45, 7) is 1.25. The van der Waals surface area contributed by atoms with Crippen LogP contribution in [0.3, 0.4) is 0 Å². The van der Waals surface area contributed by atoms with Gasteiger partial charge in [0, 0.05) is 18.9 Å². The quantitative estimate of drug-likeness (QED) is 0.735.